The van der Waals surface area contributed by atoms with Gasteiger partial charge in [0.05, 0.1) is 23.7 Å². The largest absolute Gasteiger partial charge is 0.383 e. The van der Waals surface area contributed by atoms with Crippen molar-refractivity contribution in [3.05, 3.63) is 84.9 Å². The van der Waals surface area contributed by atoms with Gasteiger partial charge < -0.3 is 5.32 Å². The Balaban J connectivity index is 1.66. The van der Waals surface area contributed by atoms with Gasteiger partial charge in [0.25, 0.3) is 0 Å². The second-order valence-corrected chi connectivity index (χ2v) is 8.39. The smallest absolute Gasteiger partial charge is 0.304 e. The highest BCUT2D eigenvalue weighted by atomic mass is 32.3. The lowest BCUT2D eigenvalue weighted by molar-refractivity contribution is 0.552. The van der Waals surface area contributed by atoms with Crippen LogP contribution in [0.15, 0.2) is 79.4 Å². The highest BCUT2D eigenvalue weighted by Crippen LogP contribution is 2.31. The molecule has 4 aromatic rings. The van der Waals surface area contributed by atoms with Gasteiger partial charge in [-0.05, 0) is 42.0 Å². The molecule has 3 aromatic heterocycles. The van der Waals surface area contributed by atoms with Crippen LogP contribution in [-0.2, 0) is 16.8 Å². The number of benzene rings is 1. The van der Waals surface area contributed by atoms with E-state index >= 15 is 0 Å². The Hall–Kier alpha value is -3.59. The van der Waals surface area contributed by atoms with E-state index in [1.807, 2.05) is 60.8 Å². The van der Waals surface area contributed by atoms with Crippen LogP contribution in [-0.4, -0.2) is 40.5 Å². The minimum Gasteiger partial charge on any atom is -0.383 e. The highest BCUT2D eigenvalue weighted by molar-refractivity contribution is 7.86. The number of nitrogens with one attached hydrogen (secondary N) is 1. The van der Waals surface area contributed by atoms with Gasteiger partial charge in [-0.15, -0.1) is 3.89 Å². The van der Waals surface area contributed by atoms with Crippen LogP contribution in [0.25, 0.3) is 22.5 Å². The summed E-state index contributed by atoms with van der Waals surface area (Å²) in [6.45, 7) is 0.516. The van der Waals surface area contributed by atoms with Gasteiger partial charge in [-0.1, -0.05) is 18.2 Å². The van der Waals surface area contributed by atoms with Crippen molar-refractivity contribution in [3.63, 3.8) is 0 Å². The molecule has 9 heteroatoms. The Morgan fingerprint density at radius 2 is 1.90 bits per heavy atom. The molecule has 0 spiro atoms. The lowest BCUT2D eigenvalue weighted by Crippen LogP contribution is -2.12. The third kappa shape index (κ3) is 5.52. The number of nitrogens with zero attached hydrogens (tertiary/aromatic N) is 4. The van der Waals surface area contributed by atoms with Gasteiger partial charge in [-0.3, -0.25) is 14.6 Å². The van der Waals surface area contributed by atoms with E-state index in [1.54, 1.807) is 23.3 Å². The standard InChI is InChI=1S/C22H20FN5O2S/c23-31(29,30)13-11-26-21-7-6-18(20-5-1-2-10-25-20)14-19(21)22-8-12-28(27-22)16-17-4-3-9-24-15-17/h1-10,12,14-15,26H,11,13,16H2. The molecule has 3 heterocycles. The average molecular weight is 438 g/mol. The first-order chi connectivity index (χ1) is 15.0. The average Bonchev–Trinajstić information content (AvgIpc) is 3.23. The van der Waals surface area contributed by atoms with E-state index < -0.39 is 16.0 Å². The molecule has 31 heavy (non-hydrogen) atoms. The van der Waals surface area contributed by atoms with Gasteiger partial charge in [0.15, 0.2) is 0 Å². The summed E-state index contributed by atoms with van der Waals surface area (Å²) in [5.41, 5.74) is 4.84. The van der Waals surface area contributed by atoms with Crippen molar-refractivity contribution in [2.75, 3.05) is 17.6 Å². The van der Waals surface area contributed by atoms with Crippen molar-refractivity contribution in [2.45, 2.75) is 6.54 Å². The lowest BCUT2D eigenvalue weighted by Gasteiger charge is -2.12. The van der Waals surface area contributed by atoms with Gasteiger partial charge in [0.1, 0.15) is 0 Å². The lowest BCUT2D eigenvalue weighted by atomic mass is 10.0. The quantitative estimate of drug-likeness (QED) is 0.422. The van der Waals surface area contributed by atoms with Crippen molar-refractivity contribution in [3.8, 4) is 22.5 Å². The van der Waals surface area contributed by atoms with E-state index in [1.165, 1.54) is 0 Å². The molecule has 158 valence electrons. The van der Waals surface area contributed by atoms with Gasteiger partial charge in [-0.2, -0.15) is 13.5 Å². The molecule has 0 saturated carbocycles. The molecule has 7 nitrogen and oxygen atoms in total. The maximum absolute atomic E-state index is 12.9. The number of anilines is 1. The number of hydrogen-bond donors (Lipinski definition) is 1. The van der Waals surface area contributed by atoms with E-state index in [4.69, 9.17) is 0 Å². The summed E-state index contributed by atoms with van der Waals surface area (Å²) in [6.07, 6.45) is 7.09. The van der Waals surface area contributed by atoms with Gasteiger partial charge in [-0.25, -0.2) is 0 Å². The van der Waals surface area contributed by atoms with E-state index in [0.717, 1.165) is 22.4 Å². The third-order valence-electron chi connectivity index (χ3n) is 4.63. The number of hydrogen-bond acceptors (Lipinski definition) is 6. The molecular formula is C22H20FN5O2S. The molecule has 0 unspecified atom stereocenters. The van der Waals surface area contributed by atoms with E-state index in [2.05, 4.69) is 20.4 Å². The summed E-state index contributed by atoms with van der Waals surface area (Å²) in [4.78, 5) is 8.51. The molecule has 1 N–H and O–H groups in total. The summed E-state index contributed by atoms with van der Waals surface area (Å²) in [7, 11) is -4.55. The molecule has 0 atom stereocenters. The first-order valence-corrected chi connectivity index (χ1v) is 11.2. The molecule has 4 rings (SSSR count). The van der Waals surface area contributed by atoms with Crippen molar-refractivity contribution >= 4 is 15.9 Å². The Morgan fingerprint density at radius 1 is 1.00 bits per heavy atom. The molecular weight excluding hydrogens is 417 g/mol. The maximum Gasteiger partial charge on any atom is 0.304 e. The molecule has 0 aliphatic heterocycles. The fourth-order valence-corrected chi connectivity index (χ4v) is 3.53. The number of pyridine rings is 2. The predicted octanol–water partition coefficient (Wildman–Crippen LogP) is 3.77. The zero-order valence-electron chi connectivity index (χ0n) is 16.5. The SMILES string of the molecule is O=S(=O)(F)CCNc1ccc(-c2ccccn2)cc1-c1ccn(Cc2cccnc2)n1. The second kappa shape index (κ2) is 9.05. The fourth-order valence-electron chi connectivity index (χ4n) is 3.18. The Morgan fingerprint density at radius 3 is 2.65 bits per heavy atom. The van der Waals surface area contributed by atoms with Crippen molar-refractivity contribution < 1.29 is 12.3 Å². The highest BCUT2D eigenvalue weighted by Gasteiger charge is 2.13. The summed E-state index contributed by atoms with van der Waals surface area (Å²) < 4.78 is 36.4. The number of halogens is 1. The predicted molar refractivity (Wildman–Crippen MR) is 118 cm³/mol. The van der Waals surface area contributed by atoms with Crippen LogP contribution in [0.2, 0.25) is 0 Å². The zero-order chi connectivity index (χ0) is 21.7. The Bertz CT molecular complexity index is 1260. The van der Waals surface area contributed by atoms with E-state index in [0.29, 0.717) is 17.9 Å². The van der Waals surface area contributed by atoms with Crippen LogP contribution in [0.1, 0.15) is 5.56 Å². The van der Waals surface area contributed by atoms with Crippen LogP contribution < -0.4 is 5.32 Å². The van der Waals surface area contributed by atoms with Gasteiger partial charge in [0.2, 0.25) is 0 Å². The first-order valence-electron chi connectivity index (χ1n) is 9.62. The van der Waals surface area contributed by atoms with Crippen LogP contribution in [0.4, 0.5) is 9.57 Å². The van der Waals surface area contributed by atoms with Crippen LogP contribution in [0.3, 0.4) is 0 Å². The first kappa shape index (κ1) is 20.7. The van der Waals surface area contributed by atoms with E-state index in [-0.39, 0.29) is 6.54 Å². The van der Waals surface area contributed by atoms with Crippen molar-refractivity contribution in [1.29, 1.82) is 0 Å². The third-order valence-corrected chi connectivity index (χ3v) is 5.32. The summed E-state index contributed by atoms with van der Waals surface area (Å²) in [6, 6.07) is 17.0. The van der Waals surface area contributed by atoms with Crippen LogP contribution in [0, 0.1) is 0 Å². The molecule has 0 bridgehead atoms. The molecule has 1 aromatic carbocycles. The zero-order valence-corrected chi connectivity index (χ0v) is 17.3. The van der Waals surface area contributed by atoms with E-state index in [9.17, 15) is 12.3 Å². The normalized spacial score (nSPS) is 11.4. The molecule has 0 aliphatic carbocycles. The summed E-state index contributed by atoms with van der Waals surface area (Å²) in [5.74, 6) is -0.607. The number of aromatic nitrogens is 4. The molecule has 0 radical (unpaired) electrons. The Kier molecular flexibility index (Phi) is 6.03. The van der Waals surface area contributed by atoms with Gasteiger partial charge >= 0.3 is 10.2 Å². The van der Waals surface area contributed by atoms with Gasteiger partial charge in [0, 0.05) is 48.1 Å². The fraction of sp³-hybridized carbons (Fsp3) is 0.136. The van der Waals surface area contributed by atoms with Crippen molar-refractivity contribution in [1.82, 2.24) is 19.7 Å². The van der Waals surface area contributed by atoms with Crippen LogP contribution >= 0.6 is 0 Å². The second-order valence-electron chi connectivity index (χ2n) is 6.90. The summed E-state index contributed by atoms with van der Waals surface area (Å²) in [5, 5.41) is 7.67. The minimum atomic E-state index is -4.55. The number of rotatable bonds is 8. The van der Waals surface area contributed by atoms with Crippen LogP contribution in [0.5, 0.6) is 0 Å². The molecule has 0 fully saturated rings. The monoisotopic (exact) mass is 437 g/mol. The maximum atomic E-state index is 12.9. The molecule has 0 aliphatic rings. The topological polar surface area (TPSA) is 89.8 Å². The molecule has 0 saturated heterocycles. The Labute approximate surface area is 179 Å². The summed E-state index contributed by atoms with van der Waals surface area (Å²) >= 11 is 0. The molecule has 0 amide bonds. The van der Waals surface area contributed by atoms with Crippen molar-refractivity contribution in [2.24, 2.45) is 0 Å². The minimum absolute atomic E-state index is 0.0504.